The summed E-state index contributed by atoms with van der Waals surface area (Å²) in [6.45, 7) is 1.61. The van der Waals surface area contributed by atoms with E-state index < -0.39 is 11.8 Å². The van der Waals surface area contributed by atoms with Gasteiger partial charge in [0.15, 0.2) is 0 Å². The van der Waals surface area contributed by atoms with Gasteiger partial charge in [-0.15, -0.1) is 0 Å². The maximum Gasteiger partial charge on any atom is 0.309 e. The Labute approximate surface area is 106 Å². The van der Waals surface area contributed by atoms with Crippen LogP contribution in [0.2, 0.25) is 0 Å². The second kappa shape index (κ2) is 7.65. The highest BCUT2D eigenvalue weighted by Crippen LogP contribution is 2.09. The first kappa shape index (κ1) is 14.4. The molecular weight excluding hydrogens is 238 g/mol. The van der Waals surface area contributed by atoms with E-state index in [2.05, 4.69) is 10.6 Å². The summed E-state index contributed by atoms with van der Waals surface area (Å²) in [6, 6.07) is 0. The van der Waals surface area contributed by atoms with Crippen molar-refractivity contribution in [1.29, 1.82) is 0 Å². The van der Waals surface area contributed by atoms with Crippen molar-refractivity contribution in [2.75, 3.05) is 32.8 Å². The van der Waals surface area contributed by atoms with Crippen LogP contribution in [0.15, 0.2) is 0 Å². The second-order valence-corrected chi connectivity index (χ2v) is 4.07. The third-order valence-corrected chi connectivity index (χ3v) is 2.67. The van der Waals surface area contributed by atoms with Gasteiger partial charge < -0.3 is 20.6 Å². The fourth-order valence-corrected chi connectivity index (χ4v) is 1.74. The smallest absolute Gasteiger partial charge is 0.309 e. The minimum absolute atomic E-state index is 0.0640. The Balaban J connectivity index is 2.08. The van der Waals surface area contributed by atoms with Gasteiger partial charge in [-0.25, -0.2) is 0 Å². The molecule has 0 saturated carbocycles. The van der Waals surface area contributed by atoms with Crippen molar-refractivity contribution in [2.45, 2.75) is 19.3 Å². The van der Waals surface area contributed by atoms with Gasteiger partial charge in [0.2, 0.25) is 5.91 Å². The highest BCUT2D eigenvalue weighted by molar-refractivity contribution is 6.35. The summed E-state index contributed by atoms with van der Waals surface area (Å²) < 4.78 is 0. The number of nitrogens with one attached hydrogen (secondary N) is 2. The van der Waals surface area contributed by atoms with Crippen molar-refractivity contribution in [3.05, 3.63) is 0 Å². The van der Waals surface area contributed by atoms with Crippen LogP contribution in [0.1, 0.15) is 19.3 Å². The molecule has 1 fully saturated rings. The first-order valence-electron chi connectivity index (χ1n) is 6.10. The van der Waals surface area contributed by atoms with Crippen LogP contribution in [0.4, 0.5) is 0 Å². The van der Waals surface area contributed by atoms with E-state index in [0.29, 0.717) is 25.9 Å². The molecule has 0 atom stereocenters. The van der Waals surface area contributed by atoms with Gasteiger partial charge in [-0.1, -0.05) is 0 Å². The van der Waals surface area contributed by atoms with Gasteiger partial charge in [0.05, 0.1) is 6.61 Å². The van der Waals surface area contributed by atoms with E-state index in [1.54, 1.807) is 4.90 Å². The van der Waals surface area contributed by atoms with Crippen LogP contribution in [0.5, 0.6) is 0 Å². The molecule has 0 aromatic carbocycles. The normalized spacial score (nSPS) is 14.7. The molecule has 0 aromatic rings. The Morgan fingerprint density at radius 1 is 1.22 bits per heavy atom. The average Bonchev–Trinajstić information content (AvgIpc) is 2.77. The van der Waals surface area contributed by atoms with Crippen LogP contribution in [0, 0.1) is 0 Å². The van der Waals surface area contributed by atoms with Crippen molar-refractivity contribution >= 4 is 17.7 Å². The van der Waals surface area contributed by atoms with Crippen LogP contribution in [0.25, 0.3) is 0 Å². The molecule has 0 aromatic heterocycles. The summed E-state index contributed by atoms with van der Waals surface area (Å²) in [5.74, 6) is -1.31. The number of aliphatic hydroxyl groups is 1. The zero-order chi connectivity index (χ0) is 13.4. The topological polar surface area (TPSA) is 98.7 Å². The number of aliphatic hydroxyl groups excluding tert-OH is 1. The molecule has 0 spiro atoms. The van der Waals surface area contributed by atoms with Crippen molar-refractivity contribution < 1.29 is 19.5 Å². The molecular formula is C11H19N3O4. The molecule has 7 nitrogen and oxygen atoms in total. The zero-order valence-electron chi connectivity index (χ0n) is 10.3. The predicted molar refractivity (Wildman–Crippen MR) is 63.5 cm³/mol. The SMILES string of the molecule is O=C(NCCO)C(=O)NCCCN1CCCC1=O. The summed E-state index contributed by atoms with van der Waals surface area (Å²) in [6.07, 6.45) is 2.13. The summed E-state index contributed by atoms with van der Waals surface area (Å²) in [7, 11) is 0. The van der Waals surface area contributed by atoms with Crippen LogP contribution < -0.4 is 10.6 Å². The van der Waals surface area contributed by atoms with Gasteiger partial charge >= 0.3 is 11.8 Å². The number of hydrogen-bond acceptors (Lipinski definition) is 4. The molecule has 18 heavy (non-hydrogen) atoms. The van der Waals surface area contributed by atoms with Crippen molar-refractivity contribution in [3.63, 3.8) is 0 Å². The van der Waals surface area contributed by atoms with Gasteiger partial charge in [0, 0.05) is 32.6 Å². The minimum atomic E-state index is -0.749. The second-order valence-electron chi connectivity index (χ2n) is 4.07. The van der Waals surface area contributed by atoms with E-state index in [4.69, 9.17) is 5.11 Å². The first-order chi connectivity index (χ1) is 8.65. The fourth-order valence-electron chi connectivity index (χ4n) is 1.74. The van der Waals surface area contributed by atoms with Crippen LogP contribution in [-0.4, -0.2) is 60.5 Å². The van der Waals surface area contributed by atoms with Crippen LogP contribution in [-0.2, 0) is 14.4 Å². The van der Waals surface area contributed by atoms with Crippen molar-refractivity contribution in [1.82, 2.24) is 15.5 Å². The molecule has 102 valence electrons. The van der Waals surface area contributed by atoms with Crippen molar-refractivity contribution in [3.8, 4) is 0 Å². The largest absolute Gasteiger partial charge is 0.395 e. The molecule has 1 aliphatic heterocycles. The molecule has 3 amide bonds. The Morgan fingerprint density at radius 2 is 1.89 bits per heavy atom. The number of likely N-dealkylation sites (tertiary alicyclic amines) is 1. The summed E-state index contributed by atoms with van der Waals surface area (Å²) in [5, 5.41) is 13.2. The Bertz CT molecular complexity index is 319. The molecule has 0 aliphatic carbocycles. The summed E-state index contributed by atoms with van der Waals surface area (Å²) in [5.41, 5.74) is 0. The lowest BCUT2D eigenvalue weighted by atomic mass is 10.3. The maximum absolute atomic E-state index is 11.3. The molecule has 1 rings (SSSR count). The highest BCUT2D eigenvalue weighted by atomic mass is 16.3. The van der Waals surface area contributed by atoms with E-state index in [-0.39, 0.29) is 19.1 Å². The van der Waals surface area contributed by atoms with E-state index in [1.165, 1.54) is 0 Å². The minimum Gasteiger partial charge on any atom is -0.395 e. The lowest BCUT2D eigenvalue weighted by molar-refractivity contribution is -0.139. The van der Waals surface area contributed by atoms with Gasteiger partial charge in [-0.05, 0) is 12.8 Å². The number of amides is 3. The molecule has 1 heterocycles. The number of hydrogen-bond donors (Lipinski definition) is 3. The zero-order valence-corrected chi connectivity index (χ0v) is 10.3. The van der Waals surface area contributed by atoms with E-state index in [0.717, 1.165) is 13.0 Å². The van der Waals surface area contributed by atoms with Gasteiger partial charge in [-0.3, -0.25) is 14.4 Å². The number of carbonyl (C=O) groups is 3. The fraction of sp³-hybridized carbons (Fsp3) is 0.727. The molecule has 7 heteroatoms. The van der Waals surface area contributed by atoms with Gasteiger partial charge in [0.25, 0.3) is 0 Å². The Morgan fingerprint density at radius 3 is 2.44 bits per heavy atom. The lowest BCUT2D eigenvalue weighted by Crippen LogP contribution is -2.41. The molecule has 0 bridgehead atoms. The lowest BCUT2D eigenvalue weighted by Gasteiger charge is -2.15. The monoisotopic (exact) mass is 257 g/mol. The molecule has 1 aliphatic rings. The average molecular weight is 257 g/mol. The predicted octanol–water partition coefficient (Wildman–Crippen LogP) is -1.78. The summed E-state index contributed by atoms with van der Waals surface area (Å²) in [4.78, 5) is 35.4. The standard InChI is InChI=1S/C11H19N3O4/c15-8-5-13-11(18)10(17)12-4-2-7-14-6-1-3-9(14)16/h15H,1-8H2,(H,12,17)(H,13,18). The maximum atomic E-state index is 11.3. The van der Waals surface area contributed by atoms with Gasteiger partial charge in [-0.2, -0.15) is 0 Å². The molecule has 3 N–H and O–H groups in total. The Kier molecular flexibility index (Phi) is 6.13. The van der Waals surface area contributed by atoms with Crippen LogP contribution in [0.3, 0.4) is 0 Å². The third-order valence-electron chi connectivity index (χ3n) is 2.67. The highest BCUT2D eigenvalue weighted by Gasteiger charge is 2.19. The summed E-state index contributed by atoms with van der Waals surface area (Å²) >= 11 is 0. The quantitative estimate of drug-likeness (QED) is 0.387. The number of nitrogens with zero attached hydrogens (tertiary/aromatic N) is 1. The Hall–Kier alpha value is -1.63. The number of carbonyl (C=O) groups excluding carboxylic acids is 3. The first-order valence-corrected chi connectivity index (χ1v) is 6.10. The number of rotatable bonds is 6. The molecule has 0 radical (unpaired) electrons. The van der Waals surface area contributed by atoms with Crippen molar-refractivity contribution in [2.24, 2.45) is 0 Å². The third kappa shape index (κ3) is 4.70. The van der Waals surface area contributed by atoms with E-state index >= 15 is 0 Å². The van der Waals surface area contributed by atoms with E-state index in [1.807, 2.05) is 0 Å². The van der Waals surface area contributed by atoms with E-state index in [9.17, 15) is 14.4 Å². The van der Waals surface area contributed by atoms with Crippen LogP contribution >= 0.6 is 0 Å². The molecule has 0 unspecified atom stereocenters. The van der Waals surface area contributed by atoms with Gasteiger partial charge in [0.1, 0.15) is 0 Å². The molecule has 1 saturated heterocycles.